The summed E-state index contributed by atoms with van der Waals surface area (Å²) in [6, 6.07) is 2.02. The van der Waals surface area contributed by atoms with Gasteiger partial charge in [-0.3, -0.25) is 4.99 Å². The van der Waals surface area contributed by atoms with E-state index in [1.807, 2.05) is 43.9 Å². The van der Waals surface area contributed by atoms with Crippen molar-refractivity contribution in [3.05, 3.63) is 24.0 Å². The lowest BCUT2D eigenvalue weighted by molar-refractivity contribution is 0.446. The minimum Gasteiger partial charge on any atom is -0.357 e. The molecular weight excluding hydrogens is 290 g/mol. The van der Waals surface area contributed by atoms with Crippen LogP contribution in [0.4, 0.5) is 0 Å². The monoisotopic (exact) mass is 315 g/mol. The molecule has 8 heteroatoms. The summed E-state index contributed by atoms with van der Waals surface area (Å²) in [4.78, 5) is 4.12. The number of guanidine groups is 1. The largest absolute Gasteiger partial charge is 0.357 e. The van der Waals surface area contributed by atoms with Gasteiger partial charge in [-0.25, -0.2) is 13.1 Å². The van der Waals surface area contributed by atoms with Crippen LogP contribution in [0.15, 0.2) is 23.5 Å². The van der Waals surface area contributed by atoms with Crippen LogP contribution < -0.4 is 15.4 Å². The standard InChI is InChI=1S/C13H25N5O2S/c1-13(2,17-21(5,19)20)10-16-12(14-3)15-8-11-6-7-18(4)9-11/h6-7,9,17H,8,10H2,1-5H3,(H2,14,15,16). The Hall–Kier alpha value is -1.54. The van der Waals surface area contributed by atoms with Crippen molar-refractivity contribution in [2.45, 2.75) is 25.9 Å². The Morgan fingerprint density at radius 2 is 2.05 bits per heavy atom. The van der Waals surface area contributed by atoms with Crippen molar-refractivity contribution in [3.63, 3.8) is 0 Å². The molecule has 0 unspecified atom stereocenters. The lowest BCUT2D eigenvalue weighted by Crippen LogP contribution is -2.52. The van der Waals surface area contributed by atoms with Gasteiger partial charge in [0.15, 0.2) is 5.96 Å². The van der Waals surface area contributed by atoms with Gasteiger partial charge in [0.2, 0.25) is 10.0 Å². The molecule has 1 aromatic heterocycles. The van der Waals surface area contributed by atoms with Crippen LogP contribution in [0.1, 0.15) is 19.4 Å². The van der Waals surface area contributed by atoms with Crippen molar-refractivity contribution in [3.8, 4) is 0 Å². The van der Waals surface area contributed by atoms with Crippen LogP contribution in [-0.4, -0.2) is 44.3 Å². The van der Waals surface area contributed by atoms with Gasteiger partial charge in [0.05, 0.1) is 6.26 Å². The van der Waals surface area contributed by atoms with Crippen molar-refractivity contribution in [2.75, 3.05) is 19.8 Å². The van der Waals surface area contributed by atoms with Crippen molar-refractivity contribution in [1.82, 2.24) is 19.9 Å². The smallest absolute Gasteiger partial charge is 0.209 e. The van der Waals surface area contributed by atoms with Crippen LogP contribution in [0.2, 0.25) is 0 Å². The van der Waals surface area contributed by atoms with Crippen LogP contribution in [0, 0.1) is 0 Å². The van der Waals surface area contributed by atoms with Gasteiger partial charge in [-0.2, -0.15) is 0 Å². The average Bonchev–Trinajstić information content (AvgIpc) is 2.72. The minimum atomic E-state index is -3.24. The molecule has 0 aromatic carbocycles. The van der Waals surface area contributed by atoms with Crippen LogP contribution in [0.5, 0.6) is 0 Å². The lowest BCUT2D eigenvalue weighted by atomic mass is 10.1. The Morgan fingerprint density at radius 3 is 2.52 bits per heavy atom. The van der Waals surface area contributed by atoms with E-state index < -0.39 is 15.6 Å². The van der Waals surface area contributed by atoms with E-state index in [-0.39, 0.29) is 0 Å². The summed E-state index contributed by atoms with van der Waals surface area (Å²) in [6.45, 7) is 4.70. The van der Waals surface area contributed by atoms with Gasteiger partial charge in [-0.1, -0.05) is 0 Å². The van der Waals surface area contributed by atoms with Gasteiger partial charge < -0.3 is 15.2 Å². The van der Waals surface area contributed by atoms with Gasteiger partial charge in [0.25, 0.3) is 0 Å². The van der Waals surface area contributed by atoms with E-state index in [0.717, 1.165) is 11.8 Å². The molecule has 1 aromatic rings. The van der Waals surface area contributed by atoms with Crippen molar-refractivity contribution >= 4 is 16.0 Å². The molecule has 7 nitrogen and oxygen atoms in total. The summed E-state index contributed by atoms with van der Waals surface area (Å²) in [7, 11) is 0.404. The van der Waals surface area contributed by atoms with Crippen LogP contribution in [-0.2, 0) is 23.6 Å². The van der Waals surface area contributed by atoms with E-state index in [2.05, 4.69) is 20.3 Å². The average molecular weight is 315 g/mol. The molecule has 0 atom stereocenters. The second-order valence-electron chi connectivity index (χ2n) is 5.72. The van der Waals surface area contributed by atoms with Crippen molar-refractivity contribution in [1.29, 1.82) is 0 Å². The first-order valence-corrected chi connectivity index (χ1v) is 8.55. The third kappa shape index (κ3) is 7.14. The highest BCUT2D eigenvalue weighted by Crippen LogP contribution is 2.02. The van der Waals surface area contributed by atoms with E-state index in [1.54, 1.807) is 7.05 Å². The first kappa shape index (κ1) is 17.5. The number of aliphatic imine (C=N–C) groups is 1. The first-order chi connectivity index (χ1) is 9.61. The number of hydrogen-bond acceptors (Lipinski definition) is 3. The van der Waals surface area contributed by atoms with Gasteiger partial charge in [0.1, 0.15) is 0 Å². The minimum absolute atomic E-state index is 0.425. The van der Waals surface area contributed by atoms with Crippen molar-refractivity contribution < 1.29 is 8.42 Å². The molecule has 0 aliphatic heterocycles. The van der Waals surface area contributed by atoms with E-state index in [4.69, 9.17) is 0 Å². The molecule has 0 saturated heterocycles. The quantitative estimate of drug-likeness (QED) is 0.510. The molecular formula is C13H25N5O2S. The predicted molar refractivity (Wildman–Crippen MR) is 85.7 cm³/mol. The maximum atomic E-state index is 11.3. The fourth-order valence-electron chi connectivity index (χ4n) is 1.91. The van der Waals surface area contributed by atoms with Crippen LogP contribution >= 0.6 is 0 Å². The molecule has 0 amide bonds. The van der Waals surface area contributed by atoms with Crippen LogP contribution in [0.3, 0.4) is 0 Å². The Bertz CT molecular complexity index is 589. The fourth-order valence-corrected chi connectivity index (χ4v) is 2.99. The molecule has 1 rings (SSSR count). The predicted octanol–water partition coefficient (Wildman–Crippen LogP) is 0.0179. The number of nitrogens with one attached hydrogen (secondary N) is 3. The third-order valence-electron chi connectivity index (χ3n) is 2.74. The number of aromatic nitrogens is 1. The summed E-state index contributed by atoms with van der Waals surface area (Å²) in [5.74, 6) is 0.627. The number of sulfonamides is 1. The van der Waals surface area contributed by atoms with E-state index >= 15 is 0 Å². The fraction of sp³-hybridized carbons (Fsp3) is 0.615. The number of aryl methyl sites for hydroxylation is 1. The maximum Gasteiger partial charge on any atom is 0.209 e. The summed E-state index contributed by atoms with van der Waals surface area (Å²) in [6.07, 6.45) is 5.15. The van der Waals surface area contributed by atoms with Gasteiger partial charge in [-0.15, -0.1) is 0 Å². The zero-order valence-electron chi connectivity index (χ0n) is 13.3. The lowest BCUT2D eigenvalue weighted by Gasteiger charge is -2.26. The maximum absolute atomic E-state index is 11.3. The molecule has 0 radical (unpaired) electrons. The number of nitrogens with zero attached hydrogens (tertiary/aromatic N) is 2. The summed E-state index contributed by atoms with van der Waals surface area (Å²) >= 11 is 0. The number of rotatable bonds is 6. The molecule has 120 valence electrons. The molecule has 1 heterocycles. The summed E-state index contributed by atoms with van der Waals surface area (Å²) in [5.41, 5.74) is 0.548. The normalized spacial score (nSPS) is 13.3. The van der Waals surface area contributed by atoms with Gasteiger partial charge in [-0.05, 0) is 25.5 Å². The highest BCUT2D eigenvalue weighted by Gasteiger charge is 2.22. The SMILES string of the molecule is CN=C(NCc1ccn(C)c1)NCC(C)(C)NS(C)(=O)=O. The zero-order valence-corrected chi connectivity index (χ0v) is 14.1. The van der Waals surface area contributed by atoms with E-state index in [0.29, 0.717) is 19.0 Å². The molecule has 0 fully saturated rings. The second-order valence-corrected chi connectivity index (χ2v) is 7.47. The highest BCUT2D eigenvalue weighted by atomic mass is 32.2. The molecule has 3 N–H and O–H groups in total. The Kier molecular flexibility index (Phi) is 5.79. The molecule has 0 saturated carbocycles. The van der Waals surface area contributed by atoms with Gasteiger partial charge in [0, 0.05) is 45.1 Å². The Balaban J connectivity index is 2.48. The molecule has 0 spiro atoms. The molecule has 0 aliphatic rings. The van der Waals surface area contributed by atoms with E-state index in [9.17, 15) is 8.42 Å². The second kappa shape index (κ2) is 6.95. The highest BCUT2D eigenvalue weighted by molar-refractivity contribution is 7.88. The van der Waals surface area contributed by atoms with Crippen LogP contribution in [0.25, 0.3) is 0 Å². The first-order valence-electron chi connectivity index (χ1n) is 6.66. The Morgan fingerprint density at radius 1 is 1.38 bits per heavy atom. The summed E-state index contributed by atoms with van der Waals surface area (Å²) < 4.78 is 27.1. The Labute approximate surface area is 126 Å². The molecule has 0 aliphatic carbocycles. The zero-order chi connectivity index (χ0) is 16.1. The number of hydrogen-bond donors (Lipinski definition) is 3. The third-order valence-corrected chi connectivity index (χ3v) is 3.66. The molecule has 21 heavy (non-hydrogen) atoms. The van der Waals surface area contributed by atoms with E-state index in [1.165, 1.54) is 0 Å². The topological polar surface area (TPSA) is 87.5 Å². The summed E-state index contributed by atoms with van der Waals surface area (Å²) in [5, 5.41) is 6.30. The molecule has 0 bridgehead atoms. The van der Waals surface area contributed by atoms with Gasteiger partial charge >= 0.3 is 0 Å². The van der Waals surface area contributed by atoms with Crippen molar-refractivity contribution in [2.24, 2.45) is 12.0 Å².